The molecule has 0 rings (SSSR count). The van der Waals surface area contributed by atoms with Gasteiger partial charge in [-0.3, -0.25) is 0 Å². The van der Waals surface area contributed by atoms with Crippen LogP contribution in [-0.2, 0) is 0 Å². The van der Waals surface area contributed by atoms with Gasteiger partial charge in [-0.15, -0.1) is 0 Å². The predicted octanol–water partition coefficient (Wildman–Crippen LogP) is -0.298. The molecule has 0 bridgehead atoms. The zero-order valence-electron chi connectivity index (χ0n) is 4.73. The molecule has 0 aliphatic carbocycles. The highest BCUT2D eigenvalue weighted by atomic mass is 16.5. The number of nitrogens with two attached hydrogens (primary N) is 1. The van der Waals surface area contributed by atoms with Crippen molar-refractivity contribution in [1.29, 1.82) is 0 Å². The summed E-state index contributed by atoms with van der Waals surface area (Å²) >= 11 is 0. The van der Waals surface area contributed by atoms with Crippen molar-refractivity contribution in [2.24, 2.45) is 5.73 Å². The van der Waals surface area contributed by atoms with Crippen molar-refractivity contribution in [3.05, 3.63) is 0 Å². The molecule has 4 N–H and O–H groups in total. The van der Waals surface area contributed by atoms with E-state index in [4.69, 9.17) is 10.9 Å². The van der Waals surface area contributed by atoms with Crippen LogP contribution in [0.2, 0.25) is 0 Å². The Morgan fingerprint density at radius 2 is 2.14 bits per heavy atom. The molecular weight excluding hydrogens is 92.1 g/mol. The van der Waals surface area contributed by atoms with Gasteiger partial charge in [0.15, 0.2) is 0 Å². The van der Waals surface area contributed by atoms with E-state index in [-0.39, 0.29) is 5.54 Å². The average molecular weight is 104 g/mol. The molecule has 44 valence electrons. The van der Waals surface area contributed by atoms with Crippen LogP contribution < -0.4 is 11.2 Å². The van der Waals surface area contributed by atoms with Crippen molar-refractivity contribution in [1.82, 2.24) is 5.48 Å². The Hall–Kier alpha value is -0.120. The van der Waals surface area contributed by atoms with E-state index in [0.29, 0.717) is 6.54 Å². The Balaban J connectivity index is 3.15. The molecule has 0 radical (unpaired) electrons. The number of nitrogens with one attached hydrogen (secondary N) is 1. The summed E-state index contributed by atoms with van der Waals surface area (Å²) in [4.78, 5) is 0. The lowest BCUT2D eigenvalue weighted by molar-refractivity contribution is 0.147. The summed E-state index contributed by atoms with van der Waals surface area (Å²) in [6.07, 6.45) is 0. The predicted molar refractivity (Wildman–Crippen MR) is 28.1 cm³/mol. The van der Waals surface area contributed by atoms with E-state index in [9.17, 15) is 0 Å². The first-order valence-corrected chi connectivity index (χ1v) is 2.22. The Bertz CT molecular complexity index is 48.1. The number of hydroxylamine groups is 1. The van der Waals surface area contributed by atoms with E-state index in [0.717, 1.165) is 0 Å². The minimum atomic E-state index is -0.311. The molecule has 0 heterocycles. The highest BCUT2D eigenvalue weighted by Gasteiger charge is 2.07. The van der Waals surface area contributed by atoms with E-state index in [1.807, 2.05) is 19.3 Å². The summed E-state index contributed by atoms with van der Waals surface area (Å²) < 4.78 is 0. The van der Waals surface area contributed by atoms with E-state index >= 15 is 0 Å². The quantitative estimate of drug-likeness (QED) is 0.422. The molecule has 0 unspecified atom stereocenters. The van der Waals surface area contributed by atoms with E-state index in [1.165, 1.54) is 0 Å². The minimum absolute atomic E-state index is 0.311. The van der Waals surface area contributed by atoms with Gasteiger partial charge in [0.2, 0.25) is 0 Å². The van der Waals surface area contributed by atoms with Crippen molar-refractivity contribution in [3.63, 3.8) is 0 Å². The smallest absolute Gasteiger partial charge is 0.0382 e. The maximum atomic E-state index is 8.07. The Morgan fingerprint density at radius 1 is 1.71 bits per heavy atom. The molecule has 3 nitrogen and oxygen atoms in total. The van der Waals surface area contributed by atoms with Gasteiger partial charge in [-0.25, -0.2) is 5.48 Å². The van der Waals surface area contributed by atoms with Gasteiger partial charge in [0, 0.05) is 12.1 Å². The molecule has 0 fully saturated rings. The minimum Gasteiger partial charge on any atom is -0.324 e. The van der Waals surface area contributed by atoms with Gasteiger partial charge in [0.25, 0.3) is 0 Å². The van der Waals surface area contributed by atoms with Gasteiger partial charge in [0.1, 0.15) is 0 Å². The van der Waals surface area contributed by atoms with Gasteiger partial charge in [-0.1, -0.05) is 0 Å². The SMILES string of the molecule is CC(C)(N)CNO. The second-order valence-electron chi connectivity index (χ2n) is 2.32. The fraction of sp³-hybridized carbons (Fsp3) is 1.00. The lowest BCUT2D eigenvalue weighted by Crippen LogP contribution is -2.41. The number of rotatable bonds is 2. The summed E-state index contributed by atoms with van der Waals surface area (Å²) in [7, 11) is 0. The van der Waals surface area contributed by atoms with Crippen LogP contribution in [0.4, 0.5) is 0 Å². The second-order valence-corrected chi connectivity index (χ2v) is 2.32. The largest absolute Gasteiger partial charge is 0.324 e. The Kier molecular flexibility index (Phi) is 2.22. The maximum absolute atomic E-state index is 8.07. The molecule has 0 saturated carbocycles. The highest BCUT2D eigenvalue weighted by molar-refractivity contribution is 4.71. The van der Waals surface area contributed by atoms with Crippen LogP contribution in [0.3, 0.4) is 0 Å². The van der Waals surface area contributed by atoms with Crippen LogP contribution in [-0.4, -0.2) is 17.3 Å². The van der Waals surface area contributed by atoms with Crippen LogP contribution in [0.15, 0.2) is 0 Å². The van der Waals surface area contributed by atoms with Crippen molar-refractivity contribution < 1.29 is 5.21 Å². The third-order valence-corrected chi connectivity index (χ3v) is 0.535. The standard InChI is InChI=1S/C4H12N2O/c1-4(2,5)3-6-7/h6-7H,3,5H2,1-2H3. The molecule has 0 aliphatic rings. The molecule has 0 saturated heterocycles. The lowest BCUT2D eigenvalue weighted by Gasteiger charge is -2.15. The average Bonchev–Trinajstić information content (AvgIpc) is 1.30. The van der Waals surface area contributed by atoms with Gasteiger partial charge in [0.05, 0.1) is 0 Å². The molecule has 0 atom stereocenters. The zero-order chi connectivity index (χ0) is 5.91. The van der Waals surface area contributed by atoms with Crippen LogP contribution in [0.5, 0.6) is 0 Å². The van der Waals surface area contributed by atoms with Crippen LogP contribution in [0, 0.1) is 0 Å². The van der Waals surface area contributed by atoms with Crippen LogP contribution in [0.1, 0.15) is 13.8 Å². The summed E-state index contributed by atoms with van der Waals surface area (Å²) in [5, 5.41) is 8.07. The van der Waals surface area contributed by atoms with Gasteiger partial charge < -0.3 is 10.9 Å². The molecule has 0 aromatic heterocycles. The van der Waals surface area contributed by atoms with Crippen molar-refractivity contribution in [2.75, 3.05) is 6.54 Å². The Morgan fingerprint density at radius 3 is 2.14 bits per heavy atom. The monoisotopic (exact) mass is 104 g/mol. The fourth-order valence-electron chi connectivity index (χ4n) is 0.204. The molecule has 0 aromatic carbocycles. The van der Waals surface area contributed by atoms with Gasteiger partial charge in [-0.05, 0) is 13.8 Å². The molecule has 3 heteroatoms. The highest BCUT2D eigenvalue weighted by Crippen LogP contribution is 1.90. The second kappa shape index (κ2) is 2.26. The first-order chi connectivity index (χ1) is 3.06. The number of hydrogen-bond acceptors (Lipinski definition) is 3. The summed E-state index contributed by atoms with van der Waals surface area (Å²) in [5.74, 6) is 0. The van der Waals surface area contributed by atoms with E-state index in [1.54, 1.807) is 0 Å². The van der Waals surface area contributed by atoms with Crippen molar-refractivity contribution in [3.8, 4) is 0 Å². The topological polar surface area (TPSA) is 58.3 Å². The summed E-state index contributed by atoms with van der Waals surface area (Å²) in [6.45, 7) is 4.08. The third-order valence-electron chi connectivity index (χ3n) is 0.535. The van der Waals surface area contributed by atoms with Gasteiger partial charge in [-0.2, -0.15) is 0 Å². The Labute approximate surface area is 43.5 Å². The van der Waals surface area contributed by atoms with Crippen LogP contribution >= 0.6 is 0 Å². The van der Waals surface area contributed by atoms with Gasteiger partial charge >= 0.3 is 0 Å². The maximum Gasteiger partial charge on any atom is 0.0382 e. The summed E-state index contributed by atoms with van der Waals surface area (Å²) in [6, 6.07) is 0. The molecule has 7 heavy (non-hydrogen) atoms. The first kappa shape index (κ1) is 6.88. The molecule has 0 aliphatic heterocycles. The first-order valence-electron chi connectivity index (χ1n) is 2.22. The fourth-order valence-corrected chi connectivity index (χ4v) is 0.204. The van der Waals surface area contributed by atoms with Crippen LogP contribution in [0.25, 0.3) is 0 Å². The van der Waals surface area contributed by atoms with Crippen molar-refractivity contribution in [2.45, 2.75) is 19.4 Å². The zero-order valence-corrected chi connectivity index (χ0v) is 4.73. The third kappa shape index (κ3) is 5.88. The van der Waals surface area contributed by atoms with Crippen molar-refractivity contribution >= 4 is 0 Å². The van der Waals surface area contributed by atoms with E-state index < -0.39 is 0 Å². The molecule has 0 amide bonds. The van der Waals surface area contributed by atoms with E-state index in [2.05, 4.69) is 0 Å². The summed E-state index contributed by atoms with van der Waals surface area (Å²) in [5.41, 5.74) is 7.10. The molecule has 0 spiro atoms. The number of hydrogen-bond donors (Lipinski definition) is 3. The normalized spacial score (nSPS) is 12.0. The lowest BCUT2D eigenvalue weighted by atomic mass is 10.1. The molecule has 0 aromatic rings. The molecular formula is C4H12N2O.